The molecule has 0 saturated heterocycles. The van der Waals surface area contributed by atoms with Gasteiger partial charge in [0.2, 0.25) is 0 Å². The van der Waals surface area contributed by atoms with Gasteiger partial charge >= 0.3 is 0 Å². The molecule has 3 heterocycles. The Labute approximate surface area is 353 Å². The van der Waals surface area contributed by atoms with E-state index in [0.717, 1.165) is 59.2 Å². The molecule has 3 aromatic rings. The molecule has 12 nitrogen and oxygen atoms in total. The third-order valence-corrected chi connectivity index (χ3v) is 13.6. The smallest absolute Gasteiger partial charge is 0.263 e. The highest BCUT2D eigenvalue weighted by Gasteiger charge is 2.37. The number of amides is 2. The van der Waals surface area contributed by atoms with Crippen molar-refractivity contribution in [2.75, 3.05) is 13.1 Å². The van der Waals surface area contributed by atoms with Crippen LogP contribution in [0.3, 0.4) is 0 Å². The molecule has 0 fully saturated rings. The van der Waals surface area contributed by atoms with Gasteiger partial charge in [0.15, 0.2) is 5.78 Å². The number of nitrogens with one attached hydrogen (secondary N) is 3. The van der Waals surface area contributed by atoms with Gasteiger partial charge in [-0.05, 0) is 103 Å². The molecule has 0 spiro atoms. The summed E-state index contributed by atoms with van der Waals surface area (Å²) in [4.78, 5) is 59.3. The minimum absolute atomic E-state index is 0.0976. The summed E-state index contributed by atoms with van der Waals surface area (Å²) >= 11 is 4.12. The summed E-state index contributed by atoms with van der Waals surface area (Å²) in [6.07, 6.45) is 8.17. The maximum absolute atomic E-state index is 14.5. The van der Waals surface area contributed by atoms with Crippen molar-refractivity contribution < 1.29 is 14.4 Å². The van der Waals surface area contributed by atoms with E-state index in [2.05, 4.69) is 57.5 Å². The van der Waals surface area contributed by atoms with E-state index in [1.54, 1.807) is 0 Å². The summed E-state index contributed by atoms with van der Waals surface area (Å²) in [6, 6.07) is -0.980. The Bertz CT molecular complexity index is 1730. The van der Waals surface area contributed by atoms with E-state index >= 15 is 0 Å². The van der Waals surface area contributed by atoms with Crippen LogP contribution in [0.4, 0.5) is 0 Å². The van der Waals surface area contributed by atoms with E-state index in [0.29, 0.717) is 77.1 Å². The number of unbranched alkanes of at least 4 members (excludes halogenated alkanes) is 2. The first-order chi connectivity index (χ1) is 27.0. The van der Waals surface area contributed by atoms with Crippen LogP contribution < -0.4 is 33.2 Å². The summed E-state index contributed by atoms with van der Waals surface area (Å²) < 4.78 is 0. The van der Waals surface area contributed by atoms with E-state index < -0.39 is 17.6 Å². The second-order valence-electron chi connectivity index (χ2n) is 16.3. The molecule has 3 aromatic heterocycles. The molecule has 0 aliphatic rings. The van der Waals surface area contributed by atoms with Gasteiger partial charge in [0.1, 0.15) is 9.75 Å². The van der Waals surface area contributed by atoms with Crippen molar-refractivity contribution in [1.29, 1.82) is 0 Å². The van der Waals surface area contributed by atoms with Crippen LogP contribution >= 0.6 is 34.0 Å². The fourth-order valence-electron chi connectivity index (χ4n) is 6.73. The zero-order valence-corrected chi connectivity index (χ0v) is 38.6. The minimum Gasteiger partial charge on any atom is -0.343 e. The Balaban J connectivity index is 2.06. The Morgan fingerprint density at radius 1 is 0.702 bits per heavy atom. The first-order valence-corrected chi connectivity index (χ1v) is 23.5. The Morgan fingerprint density at radius 3 is 1.88 bits per heavy atom. The molecule has 0 bridgehead atoms. The van der Waals surface area contributed by atoms with Gasteiger partial charge in [-0.25, -0.2) is 15.0 Å². The average Bonchev–Trinajstić information content (AvgIpc) is 3.90. The van der Waals surface area contributed by atoms with Crippen LogP contribution in [0.1, 0.15) is 199 Å². The average molecular weight is 846 g/mol. The van der Waals surface area contributed by atoms with Crippen LogP contribution in [-0.4, -0.2) is 57.2 Å². The maximum Gasteiger partial charge on any atom is 0.263 e. The molecule has 0 aromatic carbocycles. The number of hydrogen-bond acceptors (Lipinski definition) is 13. The van der Waals surface area contributed by atoms with E-state index in [1.165, 1.54) is 34.0 Å². The van der Waals surface area contributed by atoms with E-state index in [1.807, 2.05) is 27.7 Å². The van der Waals surface area contributed by atoms with Crippen LogP contribution in [0.15, 0.2) is 0 Å². The van der Waals surface area contributed by atoms with E-state index in [9.17, 15) is 14.4 Å². The van der Waals surface area contributed by atoms with Gasteiger partial charge < -0.3 is 33.2 Å². The Morgan fingerprint density at radius 2 is 1.28 bits per heavy atom. The number of carbonyl (C=O) groups is 3. The second-order valence-corrected chi connectivity index (χ2v) is 19.7. The number of carbonyl (C=O) groups excluding carboxylic acids is 3. The molecule has 0 radical (unpaired) electrons. The second kappa shape index (κ2) is 23.2. The Hall–Kier alpha value is -2.66. The number of nitrogens with zero attached hydrogens (tertiary/aromatic N) is 3. The van der Waals surface area contributed by atoms with Gasteiger partial charge in [-0.15, -0.1) is 34.0 Å². The number of thiazole rings is 3. The molecule has 9 N–H and O–H groups in total. The zero-order valence-electron chi connectivity index (χ0n) is 36.2. The van der Waals surface area contributed by atoms with E-state index in [-0.39, 0.29) is 35.6 Å². The molecule has 0 aliphatic heterocycles. The van der Waals surface area contributed by atoms with Crippen LogP contribution in [0.25, 0.3) is 0 Å². The van der Waals surface area contributed by atoms with Crippen molar-refractivity contribution in [3.63, 3.8) is 0 Å². The van der Waals surface area contributed by atoms with Gasteiger partial charge in [0, 0.05) is 12.5 Å². The number of rotatable bonds is 26. The molecular formula is C42H71N9O3S3. The lowest BCUT2D eigenvalue weighted by Gasteiger charge is -2.25. The highest BCUT2D eigenvalue weighted by Crippen LogP contribution is 2.35. The highest BCUT2D eigenvalue weighted by molar-refractivity contribution is 7.14. The van der Waals surface area contributed by atoms with Crippen molar-refractivity contribution in [3.05, 3.63) is 46.7 Å². The fraction of sp³-hybridized carbons (Fsp3) is 0.714. The molecule has 3 rings (SSSR count). The third-order valence-electron chi connectivity index (χ3n) is 10.4. The van der Waals surface area contributed by atoms with Crippen molar-refractivity contribution in [3.8, 4) is 0 Å². The summed E-state index contributed by atoms with van der Waals surface area (Å²) in [6.45, 7) is 21.5. The molecule has 320 valence electrons. The normalized spacial score (nSPS) is 14.2. The van der Waals surface area contributed by atoms with Gasteiger partial charge in [0.05, 0.1) is 60.6 Å². The SMILES string of the molecule is CCC(C)N[C@@H](CCCCN)c1nc(C)sc1C(=O)N[C@@H](CC(C)C)c1nc(CCCCN)sc1C(=O)N[C@@H](C)c1nc(CC(C)C)sc1C(=O)C(N)(CC)CC. The first kappa shape index (κ1) is 48.7. The number of ketones is 1. The summed E-state index contributed by atoms with van der Waals surface area (Å²) in [7, 11) is 0. The summed E-state index contributed by atoms with van der Waals surface area (Å²) in [5.74, 6) is -0.172. The number of Topliss-reactive ketones (excluding diaryl/α,β-unsaturated/α-hetero) is 1. The molecule has 15 heteroatoms. The molecule has 0 saturated carbocycles. The van der Waals surface area contributed by atoms with E-state index in [4.69, 9.17) is 32.2 Å². The molecule has 4 atom stereocenters. The Kier molecular flexibility index (Phi) is 19.8. The lowest BCUT2D eigenvalue weighted by molar-refractivity contribution is 0.0877. The standard InChI is InChI=1S/C42H71N9O3S3/c1-11-26(8)46-29(18-14-16-20-43)34-37(55-28(10)48-34)41(54)49-30(22-24(4)5)35-38(56-31(50-35)19-15-17-21-44)40(53)47-27(9)33-36(39(52)42(45,12-2)13-3)57-32(51-33)23-25(6)7/h24-27,29-30,46H,11-23,43-45H2,1-10H3,(H,47,53)(H,49,54)/t26?,27-,29-,30-/m0/s1. The van der Waals surface area contributed by atoms with Gasteiger partial charge in [-0.1, -0.05) is 54.9 Å². The monoisotopic (exact) mass is 845 g/mol. The fourth-order valence-corrected chi connectivity index (χ4v) is 10.1. The lowest BCUT2D eigenvalue weighted by Crippen LogP contribution is -2.47. The predicted octanol–water partition coefficient (Wildman–Crippen LogP) is 8.11. The van der Waals surface area contributed by atoms with Crippen molar-refractivity contribution in [2.24, 2.45) is 29.0 Å². The molecule has 57 heavy (non-hydrogen) atoms. The molecular weight excluding hydrogens is 775 g/mol. The number of aryl methyl sites for hydroxylation is 2. The van der Waals surface area contributed by atoms with Gasteiger partial charge in [0.25, 0.3) is 11.8 Å². The molecule has 0 aliphatic carbocycles. The highest BCUT2D eigenvalue weighted by atomic mass is 32.1. The zero-order chi connectivity index (χ0) is 42.4. The topological polar surface area (TPSA) is 204 Å². The van der Waals surface area contributed by atoms with Crippen molar-refractivity contribution in [1.82, 2.24) is 30.9 Å². The van der Waals surface area contributed by atoms with Crippen LogP contribution in [0.5, 0.6) is 0 Å². The van der Waals surface area contributed by atoms with Gasteiger partial charge in [-0.2, -0.15) is 0 Å². The van der Waals surface area contributed by atoms with Crippen molar-refractivity contribution in [2.45, 2.75) is 170 Å². The first-order valence-electron chi connectivity index (χ1n) is 21.1. The maximum atomic E-state index is 14.5. The summed E-state index contributed by atoms with van der Waals surface area (Å²) in [5, 5.41) is 12.7. The van der Waals surface area contributed by atoms with Crippen LogP contribution in [0.2, 0.25) is 0 Å². The number of aromatic nitrogens is 3. The van der Waals surface area contributed by atoms with Crippen LogP contribution in [0, 0.1) is 18.8 Å². The summed E-state index contributed by atoms with van der Waals surface area (Å²) in [5.41, 5.74) is 19.1. The van der Waals surface area contributed by atoms with Gasteiger partial charge in [-0.3, -0.25) is 14.4 Å². The number of nitrogens with two attached hydrogens (primary N) is 3. The molecule has 1 unspecified atom stereocenters. The van der Waals surface area contributed by atoms with Crippen molar-refractivity contribution >= 4 is 51.6 Å². The third kappa shape index (κ3) is 13.7. The number of hydrogen-bond donors (Lipinski definition) is 6. The quantitative estimate of drug-likeness (QED) is 0.0338. The van der Waals surface area contributed by atoms with Crippen LogP contribution in [-0.2, 0) is 12.8 Å². The minimum atomic E-state index is -1.02. The molecule has 2 amide bonds. The largest absolute Gasteiger partial charge is 0.343 e. The lowest BCUT2D eigenvalue weighted by atomic mass is 9.87. The predicted molar refractivity (Wildman–Crippen MR) is 238 cm³/mol.